The average molecular weight is 466 g/mol. The lowest BCUT2D eigenvalue weighted by Gasteiger charge is -2.19. The quantitative estimate of drug-likeness (QED) is 0.392. The van der Waals surface area contributed by atoms with Crippen LogP contribution in [0.1, 0.15) is 27.0 Å². The lowest BCUT2D eigenvalue weighted by Crippen LogP contribution is -2.33. The molecule has 0 spiro atoms. The van der Waals surface area contributed by atoms with E-state index < -0.39 is 0 Å². The molecule has 176 valence electrons. The smallest absolute Gasteiger partial charge is 0.253 e. The van der Waals surface area contributed by atoms with E-state index in [0.717, 1.165) is 17.5 Å². The first-order valence-electron chi connectivity index (χ1n) is 11.3. The Morgan fingerprint density at radius 1 is 0.971 bits per heavy atom. The molecule has 4 rings (SSSR count). The highest BCUT2D eigenvalue weighted by atomic mass is 16.3. The summed E-state index contributed by atoms with van der Waals surface area (Å²) < 4.78 is 0. The summed E-state index contributed by atoms with van der Waals surface area (Å²) in [6.07, 6.45) is 0. The van der Waals surface area contributed by atoms with Gasteiger partial charge >= 0.3 is 0 Å². The van der Waals surface area contributed by atoms with Gasteiger partial charge in [-0.1, -0.05) is 36.4 Å². The Bertz CT molecular complexity index is 1410. The van der Waals surface area contributed by atoms with Gasteiger partial charge in [0.05, 0.1) is 34.1 Å². The van der Waals surface area contributed by atoms with Crippen LogP contribution in [0.2, 0.25) is 0 Å². The summed E-state index contributed by atoms with van der Waals surface area (Å²) in [5, 5.41) is 20.8. The zero-order chi connectivity index (χ0) is 24.9. The number of aromatic amines is 1. The van der Waals surface area contributed by atoms with Gasteiger partial charge in [-0.3, -0.25) is 4.79 Å². The molecule has 0 atom stereocenters. The maximum absolute atomic E-state index is 12.8. The number of aromatic hydroxyl groups is 1. The number of aromatic nitrogens is 1. The van der Waals surface area contributed by atoms with E-state index in [9.17, 15) is 15.2 Å². The third kappa shape index (κ3) is 5.24. The first kappa shape index (κ1) is 23.7. The maximum atomic E-state index is 12.8. The van der Waals surface area contributed by atoms with Gasteiger partial charge < -0.3 is 19.9 Å². The summed E-state index contributed by atoms with van der Waals surface area (Å²) in [5.74, 6) is -0.0692. The Hall–Kier alpha value is -4.41. The summed E-state index contributed by atoms with van der Waals surface area (Å²) in [6, 6.07) is 24.1. The zero-order valence-electron chi connectivity index (χ0n) is 20.0. The first-order chi connectivity index (χ1) is 16.9. The summed E-state index contributed by atoms with van der Waals surface area (Å²) in [4.78, 5) is 24.3. The summed E-state index contributed by atoms with van der Waals surface area (Å²) in [6.45, 7) is 1.42. The molecule has 0 fully saturated rings. The third-order valence-electron chi connectivity index (χ3n) is 5.78. The van der Waals surface area contributed by atoms with E-state index in [1.54, 1.807) is 48.3 Å². The Kier molecular flexibility index (Phi) is 6.95. The van der Waals surface area contributed by atoms with Gasteiger partial charge in [0.1, 0.15) is 0 Å². The molecule has 0 saturated carbocycles. The number of amides is 1. The SMILES string of the molecule is CN(C)CCN(C)C(=O)c1ccc(N=C(c2ccccc2)c2c(O)[nH]c3cc(C#N)ccc23)cc1. The van der Waals surface area contributed by atoms with Crippen LogP contribution in [0.15, 0.2) is 77.8 Å². The van der Waals surface area contributed by atoms with Crippen molar-refractivity contribution in [2.45, 2.75) is 0 Å². The molecule has 0 unspecified atom stereocenters. The number of carbonyl (C=O) groups excluding carboxylic acids is 1. The maximum Gasteiger partial charge on any atom is 0.253 e. The molecule has 7 heteroatoms. The van der Waals surface area contributed by atoms with Gasteiger partial charge in [0.2, 0.25) is 0 Å². The fourth-order valence-corrected chi connectivity index (χ4v) is 3.83. The number of aliphatic imine (C=N–C) groups is 1. The van der Waals surface area contributed by atoms with E-state index in [1.807, 2.05) is 55.4 Å². The fraction of sp³-hybridized carbons (Fsp3) is 0.179. The van der Waals surface area contributed by atoms with Crippen LogP contribution in [0.3, 0.4) is 0 Å². The van der Waals surface area contributed by atoms with E-state index in [2.05, 4.69) is 11.1 Å². The monoisotopic (exact) mass is 465 g/mol. The van der Waals surface area contributed by atoms with Crippen molar-refractivity contribution in [3.05, 3.63) is 95.1 Å². The molecule has 4 aromatic rings. The number of nitrogens with one attached hydrogen (secondary N) is 1. The van der Waals surface area contributed by atoms with Crippen LogP contribution in [0.5, 0.6) is 5.88 Å². The Morgan fingerprint density at radius 3 is 2.34 bits per heavy atom. The standard InChI is InChI=1S/C28H27N5O2/c1-32(2)15-16-33(3)28(35)21-10-12-22(13-11-21)30-26(20-7-5-4-6-8-20)25-23-14-9-19(18-29)17-24(23)31-27(25)34/h4-14,17,31,34H,15-16H2,1-3H3. The zero-order valence-corrected chi connectivity index (χ0v) is 20.0. The number of benzene rings is 3. The molecule has 0 saturated heterocycles. The van der Waals surface area contributed by atoms with Crippen LogP contribution in [0.25, 0.3) is 10.9 Å². The van der Waals surface area contributed by atoms with Gasteiger partial charge in [-0.15, -0.1) is 0 Å². The topological polar surface area (TPSA) is 95.7 Å². The normalized spacial score (nSPS) is 11.6. The first-order valence-corrected chi connectivity index (χ1v) is 11.3. The summed E-state index contributed by atoms with van der Waals surface area (Å²) in [5.41, 5.74) is 4.36. The second-order valence-electron chi connectivity index (χ2n) is 8.62. The molecule has 0 bridgehead atoms. The van der Waals surface area contributed by atoms with Gasteiger partial charge in [-0.05, 0) is 50.5 Å². The minimum atomic E-state index is -0.0479. The number of hydrogen-bond donors (Lipinski definition) is 2. The molecule has 0 radical (unpaired) electrons. The molecular formula is C28H27N5O2. The second-order valence-corrected chi connectivity index (χ2v) is 8.62. The average Bonchev–Trinajstić information content (AvgIpc) is 3.20. The van der Waals surface area contributed by atoms with Crippen molar-refractivity contribution in [2.75, 3.05) is 34.2 Å². The van der Waals surface area contributed by atoms with E-state index in [1.165, 1.54) is 0 Å². The molecule has 1 heterocycles. The van der Waals surface area contributed by atoms with Gasteiger partial charge in [-0.2, -0.15) is 5.26 Å². The van der Waals surface area contributed by atoms with Gasteiger partial charge in [0, 0.05) is 36.7 Å². The van der Waals surface area contributed by atoms with Crippen molar-refractivity contribution in [2.24, 2.45) is 4.99 Å². The van der Waals surface area contributed by atoms with E-state index in [4.69, 9.17) is 4.99 Å². The molecule has 0 aliphatic heterocycles. The minimum Gasteiger partial charge on any atom is -0.494 e. The molecule has 0 aliphatic rings. The van der Waals surface area contributed by atoms with Crippen LogP contribution in [-0.2, 0) is 0 Å². The van der Waals surface area contributed by atoms with Crippen LogP contribution >= 0.6 is 0 Å². The van der Waals surface area contributed by atoms with Crippen molar-refractivity contribution in [1.82, 2.24) is 14.8 Å². The molecule has 1 aromatic heterocycles. The predicted molar refractivity (Wildman–Crippen MR) is 138 cm³/mol. The number of nitriles is 1. The summed E-state index contributed by atoms with van der Waals surface area (Å²) in [7, 11) is 5.75. The lowest BCUT2D eigenvalue weighted by molar-refractivity contribution is 0.0786. The highest BCUT2D eigenvalue weighted by molar-refractivity contribution is 6.22. The number of rotatable bonds is 7. The Labute approximate surface area is 204 Å². The number of likely N-dealkylation sites (N-methyl/N-ethyl adjacent to an activating group) is 2. The second kappa shape index (κ2) is 10.2. The van der Waals surface area contributed by atoms with E-state index >= 15 is 0 Å². The molecule has 2 N–H and O–H groups in total. The Balaban J connectivity index is 1.73. The predicted octanol–water partition coefficient (Wildman–Crippen LogP) is 4.55. The van der Waals surface area contributed by atoms with Crippen LogP contribution in [0.4, 0.5) is 5.69 Å². The molecule has 3 aromatic carbocycles. The van der Waals surface area contributed by atoms with Gasteiger partial charge in [-0.25, -0.2) is 4.99 Å². The van der Waals surface area contributed by atoms with Crippen LogP contribution < -0.4 is 0 Å². The van der Waals surface area contributed by atoms with E-state index in [-0.39, 0.29) is 11.8 Å². The number of fused-ring (bicyclic) bond motifs is 1. The lowest BCUT2D eigenvalue weighted by atomic mass is 10.00. The van der Waals surface area contributed by atoms with Crippen LogP contribution in [-0.4, -0.2) is 65.7 Å². The molecular weight excluding hydrogens is 438 g/mol. The van der Waals surface area contributed by atoms with Crippen molar-refractivity contribution < 1.29 is 9.90 Å². The number of nitrogens with zero attached hydrogens (tertiary/aromatic N) is 4. The van der Waals surface area contributed by atoms with Crippen molar-refractivity contribution in [1.29, 1.82) is 5.26 Å². The third-order valence-corrected chi connectivity index (χ3v) is 5.78. The minimum absolute atomic E-state index is 0.0213. The number of carbonyl (C=O) groups is 1. The molecule has 7 nitrogen and oxygen atoms in total. The number of H-pyrrole nitrogens is 1. The number of hydrogen-bond acceptors (Lipinski definition) is 5. The van der Waals surface area contributed by atoms with E-state index in [0.29, 0.717) is 40.2 Å². The molecule has 35 heavy (non-hydrogen) atoms. The largest absolute Gasteiger partial charge is 0.494 e. The van der Waals surface area contributed by atoms with Crippen molar-refractivity contribution >= 4 is 28.2 Å². The molecule has 1 amide bonds. The van der Waals surface area contributed by atoms with Gasteiger partial charge in [0.15, 0.2) is 5.88 Å². The summed E-state index contributed by atoms with van der Waals surface area (Å²) >= 11 is 0. The highest BCUT2D eigenvalue weighted by Gasteiger charge is 2.19. The van der Waals surface area contributed by atoms with Crippen LogP contribution in [0, 0.1) is 11.3 Å². The molecule has 0 aliphatic carbocycles. The van der Waals surface area contributed by atoms with Crippen molar-refractivity contribution in [3.63, 3.8) is 0 Å². The fourth-order valence-electron chi connectivity index (χ4n) is 3.83. The van der Waals surface area contributed by atoms with Crippen molar-refractivity contribution in [3.8, 4) is 11.9 Å². The Morgan fingerprint density at radius 2 is 1.69 bits per heavy atom. The van der Waals surface area contributed by atoms with Gasteiger partial charge in [0.25, 0.3) is 5.91 Å². The highest BCUT2D eigenvalue weighted by Crippen LogP contribution is 2.32.